The van der Waals surface area contributed by atoms with Crippen molar-refractivity contribution in [2.75, 3.05) is 0 Å². The lowest BCUT2D eigenvalue weighted by Gasteiger charge is -2.00. The number of carbonyl (C=O) groups is 1. The van der Waals surface area contributed by atoms with E-state index in [-0.39, 0.29) is 5.91 Å². The molecule has 1 aromatic carbocycles. The molecule has 0 amide bonds. The molecule has 0 saturated carbocycles. The molecule has 1 aromatic heterocycles. The molecule has 0 radical (unpaired) electrons. The molecular formula is C11H7N3O. The molecule has 0 atom stereocenters. The fraction of sp³-hybridized carbons (Fsp3) is 0. The first-order valence-electron chi connectivity index (χ1n) is 4.36. The van der Waals surface area contributed by atoms with Gasteiger partial charge < -0.3 is 0 Å². The van der Waals surface area contributed by atoms with Crippen molar-refractivity contribution < 1.29 is 4.79 Å². The second-order valence-corrected chi connectivity index (χ2v) is 2.95. The Hall–Kier alpha value is -2.41. The summed E-state index contributed by atoms with van der Waals surface area (Å²) in [6, 6.07) is 10.2. The van der Waals surface area contributed by atoms with Crippen molar-refractivity contribution in [1.82, 2.24) is 9.78 Å². The van der Waals surface area contributed by atoms with Crippen LogP contribution in [0.4, 0.5) is 0 Å². The maximum atomic E-state index is 11.8. The fourth-order valence-electron chi connectivity index (χ4n) is 1.24. The van der Waals surface area contributed by atoms with Gasteiger partial charge in [-0.05, 0) is 24.3 Å². The summed E-state index contributed by atoms with van der Waals surface area (Å²) in [4.78, 5) is 11.8. The molecule has 0 aliphatic heterocycles. The van der Waals surface area contributed by atoms with Crippen molar-refractivity contribution >= 4 is 5.91 Å². The summed E-state index contributed by atoms with van der Waals surface area (Å²) in [6.45, 7) is 0. The Labute approximate surface area is 86.4 Å². The van der Waals surface area contributed by atoms with E-state index < -0.39 is 0 Å². The Morgan fingerprint density at radius 2 is 2.27 bits per heavy atom. The summed E-state index contributed by atoms with van der Waals surface area (Å²) < 4.78 is 1.23. The van der Waals surface area contributed by atoms with Crippen LogP contribution >= 0.6 is 0 Å². The topological polar surface area (TPSA) is 58.7 Å². The van der Waals surface area contributed by atoms with Crippen LogP contribution in [0, 0.1) is 11.3 Å². The van der Waals surface area contributed by atoms with Crippen LogP contribution in [0.2, 0.25) is 0 Å². The number of hydrogen-bond donors (Lipinski definition) is 0. The Morgan fingerprint density at radius 3 is 2.93 bits per heavy atom. The lowest BCUT2D eigenvalue weighted by Crippen LogP contribution is -2.12. The predicted molar refractivity (Wildman–Crippen MR) is 53.1 cm³/mol. The maximum absolute atomic E-state index is 11.8. The molecule has 0 saturated heterocycles. The van der Waals surface area contributed by atoms with Gasteiger partial charge in [0.15, 0.2) is 0 Å². The molecule has 0 N–H and O–H groups in total. The summed E-state index contributed by atoms with van der Waals surface area (Å²) in [6.07, 6.45) is 3.10. The highest BCUT2D eigenvalue weighted by Crippen LogP contribution is 2.05. The third kappa shape index (κ3) is 1.76. The van der Waals surface area contributed by atoms with Crippen LogP contribution in [0.3, 0.4) is 0 Å². The van der Waals surface area contributed by atoms with Crippen LogP contribution in [-0.4, -0.2) is 15.7 Å². The van der Waals surface area contributed by atoms with Gasteiger partial charge in [0.05, 0.1) is 11.6 Å². The van der Waals surface area contributed by atoms with E-state index in [1.54, 1.807) is 36.5 Å². The van der Waals surface area contributed by atoms with E-state index in [4.69, 9.17) is 5.26 Å². The van der Waals surface area contributed by atoms with Gasteiger partial charge in [-0.3, -0.25) is 4.79 Å². The zero-order chi connectivity index (χ0) is 10.7. The average Bonchev–Trinajstić information content (AvgIpc) is 2.81. The van der Waals surface area contributed by atoms with Gasteiger partial charge in [0.1, 0.15) is 0 Å². The van der Waals surface area contributed by atoms with E-state index in [9.17, 15) is 4.79 Å². The van der Waals surface area contributed by atoms with Crippen LogP contribution in [0.1, 0.15) is 15.9 Å². The number of carbonyl (C=O) groups excluding carboxylic acids is 1. The van der Waals surface area contributed by atoms with Crippen molar-refractivity contribution in [2.45, 2.75) is 0 Å². The molecule has 0 unspecified atom stereocenters. The second-order valence-electron chi connectivity index (χ2n) is 2.95. The highest BCUT2D eigenvalue weighted by Gasteiger charge is 2.08. The third-order valence-electron chi connectivity index (χ3n) is 1.95. The Morgan fingerprint density at radius 1 is 1.40 bits per heavy atom. The first-order chi connectivity index (χ1) is 7.31. The molecule has 0 spiro atoms. The lowest BCUT2D eigenvalue weighted by molar-refractivity contribution is 0.0945. The van der Waals surface area contributed by atoms with Crippen LogP contribution in [0.15, 0.2) is 42.7 Å². The van der Waals surface area contributed by atoms with Crippen LogP contribution < -0.4 is 0 Å². The van der Waals surface area contributed by atoms with Gasteiger partial charge in [-0.2, -0.15) is 10.4 Å². The summed E-state index contributed by atoms with van der Waals surface area (Å²) in [5, 5.41) is 12.5. The van der Waals surface area contributed by atoms with Crippen LogP contribution in [0.5, 0.6) is 0 Å². The van der Waals surface area contributed by atoms with E-state index in [1.807, 2.05) is 6.07 Å². The molecule has 2 aromatic rings. The standard InChI is InChI=1S/C11H7N3O/c12-8-9-3-1-4-10(7-9)11(15)14-6-2-5-13-14/h1-7H. The molecule has 15 heavy (non-hydrogen) atoms. The molecule has 0 bridgehead atoms. The van der Waals surface area contributed by atoms with Crippen molar-refractivity contribution in [2.24, 2.45) is 0 Å². The molecule has 0 aliphatic carbocycles. The van der Waals surface area contributed by atoms with E-state index >= 15 is 0 Å². The first kappa shape index (κ1) is 9.16. The van der Waals surface area contributed by atoms with Crippen LogP contribution in [0.25, 0.3) is 0 Å². The van der Waals surface area contributed by atoms with E-state index in [0.717, 1.165) is 0 Å². The SMILES string of the molecule is N#Cc1cccc(C(=O)n2cccn2)c1. The highest BCUT2D eigenvalue weighted by atomic mass is 16.2. The minimum Gasteiger partial charge on any atom is -0.267 e. The maximum Gasteiger partial charge on any atom is 0.278 e. The Kier molecular flexibility index (Phi) is 2.30. The van der Waals surface area contributed by atoms with Crippen molar-refractivity contribution in [1.29, 1.82) is 5.26 Å². The summed E-state index contributed by atoms with van der Waals surface area (Å²) in [5.74, 6) is -0.239. The zero-order valence-corrected chi connectivity index (χ0v) is 7.79. The van der Waals surface area contributed by atoms with Gasteiger partial charge in [-0.15, -0.1) is 0 Å². The van der Waals surface area contributed by atoms with Crippen molar-refractivity contribution in [3.05, 3.63) is 53.9 Å². The van der Waals surface area contributed by atoms with Crippen LogP contribution in [-0.2, 0) is 0 Å². The monoisotopic (exact) mass is 197 g/mol. The van der Waals surface area contributed by atoms with E-state index in [2.05, 4.69) is 5.10 Å². The van der Waals surface area contributed by atoms with Gasteiger partial charge in [0.25, 0.3) is 5.91 Å². The summed E-state index contributed by atoms with van der Waals surface area (Å²) >= 11 is 0. The first-order valence-corrected chi connectivity index (χ1v) is 4.36. The fourth-order valence-corrected chi connectivity index (χ4v) is 1.24. The van der Waals surface area contributed by atoms with Gasteiger partial charge in [-0.1, -0.05) is 6.07 Å². The van der Waals surface area contributed by atoms with Gasteiger partial charge in [-0.25, -0.2) is 4.68 Å². The second kappa shape index (κ2) is 3.76. The van der Waals surface area contributed by atoms with E-state index in [0.29, 0.717) is 11.1 Å². The molecule has 0 fully saturated rings. The van der Waals surface area contributed by atoms with Crippen molar-refractivity contribution in [3.8, 4) is 6.07 Å². The minimum atomic E-state index is -0.239. The smallest absolute Gasteiger partial charge is 0.267 e. The summed E-state index contributed by atoms with van der Waals surface area (Å²) in [5.41, 5.74) is 0.922. The molecule has 1 heterocycles. The normalized spacial score (nSPS) is 9.53. The van der Waals surface area contributed by atoms with Gasteiger partial charge in [0, 0.05) is 18.0 Å². The number of benzene rings is 1. The summed E-state index contributed by atoms with van der Waals surface area (Å²) in [7, 11) is 0. The lowest BCUT2D eigenvalue weighted by atomic mass is 10.1. The molecule has 2 rings (SSSR count). The average molecular weight is 197 g/mol. The zero-order valence-electron chi connectivity index (χ0n) is 7.79. The van der Waals surface area contributed by atoms with Crippen molar-refractivity contribution in [3.63, 3.8) is 0 Å². The Bertz CT molecular complexity index is 523. The number of aromatic nitrogens is 2. The molecular weight excluding hydrogens is 190 g/mol. The molecule has 4 heteroatoms. The van der Waals surface area contributed by atoms with E-state index in [1.165, 1.54) is 10.9 Å². The number of nitriles is 1. The number of nitrogens with zero attached hydrogens (tertiary/aromatic N) is 3. The minimum absolute atomic E-state index is 0.239. The third-order valence-corrected chi connectivity index (χ3v) is 1.95. The van der Waals surface area contributed by atoms with Gasteiger partial charge in [0.2, 0.25) is 0 Å². The largest absolute Gasteiger partial charge is 0.278 e. The quantitative estimate of drug-likeness (QED) is 0.695. The highest BCUT2D eigenvalue weighted by molar-refractivity contribution is 5.95. The molecule has 0 aliphatic rings. The number of hydrogen-bond acceptors (Lipinski definition) is 3. The van der Waals surface area contributed by atoms with Gasteiger partial charge >= 0.3 is 0 Å². The molecule has 72 valence electrons. The Balaban J connectivity index is 2.39. The molecule has 4 nitrogen and oxygen atoms in total. The predicted octanol–water partition coefficient (Wildman–Crippen LogP) is 1.44. The number of rotatable bonds is 1.